The molecule has 0 aliphatic carbocycles. The summed E-state index contributed by atoms with van der Waals surface area (Å²) >= 11 is 0. The molecule has 0 saturated carbocycles. The molecule has 0 atom stereocenters. The van der Waals surface area contributed by atoms with Gasteiger partial charge in [0.1, 0.15) is 23.1 Å². The van der Waals surface area contributed by atoms with Crippen LogP contribution >= 0.6 is 0 Å². The van der Waals surface area contributed by atoms with Gasteiger partial charge >= 0.3 is 0 Å². The SMILES string of the molecule is Cc1c2[n+]3c4c(cccc4c4cccc5c4c3n1C5)C[Si]2(c1ccccc1)c1ccccc1. The lowest BCUT2D eigenvalue weighted by Gasteiger charge is -2.34. The Morgan fingerprint density at radius 3 is 2.03 bits per heavy atom. The van der Waals surface area contributed by atoms with Crippen molar-refractivity contribution in [3.63, 3.8) is 0 Å². The predicted molar refractivity (Wildman–Crippen MR) is 138 cm³/mol. The number of imidazole rings is 1. The van der Waals surface area contributed by atoms with E-state index >= 15 is 0 Å². The second-order valence-corrected chi connectivity index (χ2v) is 13.4. The topological polar surface area (TPSA) is 9.03 Å². The molecule has 8 rings (SSSR count). The number of aromatic nitrogens is 2. The second kappa shape index (κ2) is 6.00. The van der Waals surface area contributed by atoms with E-state index < -0.39 is 8.07 Å². The van der Waals surface area contributed by atoms with Crippen molar-refractivity contribution in [1.29, 1.82) is 0 Å². The van der Waals surface area contributed by atoms with Gasteiger partial charge in [0.15, 0.2) is 0 Å². The van der Waals surface area contributed by atoms with E-state index in [0.29, 0.717) is 0 Å². The molecule has 3 heteroatoms. The third-order valence-corrected chi connectivity index (χ3v) is 13.1. The highest BCUT2D eigenvalue weighted by Gasteiger charge is 2.52. The first-order valence-corrected chi connectivity index (χ1v) is 14.0. The van der Waals surface area contributed by atoms with Crippen molar-refractivity contribution in [2.45, 2.75) is 19.5 Å². The summed E-state index contributed by atoms with van der Waals surface area (Å²) in [6, 6.07) is 37.7. The van der Waals surface area contributed by atoms with E-state index in [4.69, 9.17) is 0 Å². The van der Waals surface area contributed by atoms with Gasteiger partial charge in [-0.3, -0.25) is 0 Å². The zero-order chi connectivity index (χ0) is 21.7. The van der Waals surface area contributed by atoms with Gasteiger partial charge in [0, 0.05) is 23.3 Å². The van der Waals surface area contributed by atoms with Gasteiger partial charge in [0.25, 0.3) is 5.65 Å². The Bertz CT molecular complexity index is 1720. The fraction of sp³-hybridized carbons (Fsp3) is 0.100. The van der Waals surface area contributed by atoms with Crippen LogP contribution in [-0.2, 0) is 12.6 Å². The van der Waals surface area contributed by atoms with Crippen molar-refractivity contribution in [3.8, 4) is 0 Å². The third-order valence-electron chi connectivity index (χ3n) is 8.17. The zero-order valence-electron chi connectivity index (χ0n) is 18.5. The van der Waals surface area contributed by atoms with Crippen LogP contribution in [0.15, 0.2) is 97.1 Å². The molecule has 33 heavy (non-hydrogen) atoms. The molecule has 0 bridgehead atoms. The first-order valence-electron chi connectivity index (χ1n) is 11.8. The maximum atomic E-state index is 2.69. The predicted octanol–water partition coefficient (Wildman–Crippen LogP) is 3.77. The van der Waals surface area contributed by atoms with Crippen LogP contribution in [0.3, 0.4) is 0 Å². The van der Waals surface area contributed by atoms with Crippen LogP contribution in [0.25, 0.3) is 27.3 Å². The average Bonchev–Trinajstić information content (AvgIpc) is 3.40. The minimum Gasteiger partial charge on any atom is -0.223 e. The summed E-state index contributed by atoms with van der Waals surface area (Å²) in [6.07, 6.45) is 0. The Labute approximate surface area is 193 Å². The third kappa shape index (κ3) is 1.99. The lowest BCUT2D eigenvalue weighted by atomic mass is 10.0. The van der Waals surface area contributed by atoms with Gasteiger partial charge in [0.2, 0.25) is 8.07 Å². The van der Waals surface area contributed by atoms with Gasteiger partial charge in [-0.15, -0.1) is 0 Å². The van der Waals surface area contributed by atoms with Crippen molar-refractivity contribution >= 4 is 51.1 Å². The van der Waals surface area contributed by atoms with Crippen molar-refractivity contribution in [2.24, 2.45) is 0 Å². The Kier molecular flexibility index (Phi) is 3.24. The average molecular weight is 440 g/mol. The minimum atomic E-state index is -2.30. The standard InChI is InChI=1S/C30H23N2Si/c1-20-30-32-28-22(19-33(30,23-12-4-2-5-13-23)24-14-6-3-7-15-24)11-9-17-26(28)25-16-8-10-21-18-31(20)29(32)27(21)25/h2-17H,18-19H2,1H3/q+1. The molecular formula is C30H23N2Si+. The molecule has 2 aliphatic rings. The first-order chi connectivity index (χ1) is 16.3. The van der Waals surface area contributed by atoms with Crippen molar-refractivity contribution in [2.75, 3.05) is 0 Å². The van der Waals surface area contributed by atoms with E-state index in [9.17, 15) is 0 Å². The van der Waals surface area contributed by atoms with Crippen molar-refractivity contribution < 1.29 is 4.40 Å². The highest BCUT2D eigenvalue weighted by atomic mass is 28.3. The van der Waals surface area contributed by atoms with Crippen LogP contribution in [0.4, 0.5) is 0 Å². The van der Waals surface area contributed by atoms with E-state index in [1.807, 2.05) is 0 Å². The molecule has 2 aliphatic heterocycles. The quantitative estimate of drug-likeness (QED) is 0.220. The number of pyridine rings is 1. The molecule has 0 spiro atoms. The molecular weight excluding hydrogens is 416 g/mol. The molecule has 0 unspecified atom stereocenters. The Morgan fingerprint density at radius 1 is 0.697 bits per heavy atom. The van der Waals surface area contributed by atoms with E-state index in [1.165, 1.54) is 54.5 Å². The maximum Gasteiger partial charge on any atom is 0.295 e. The summed E-state index contributed by atoms with van der Waals surface area (Å²) in [5.74, 6) is 0. The zero-order valence-corrected chi connectivity index (χ0v) is 19.5. The minimum absolute atomic E-state index is 0.974. The maximum absolute atomic E-state index is 2.69. The molecule has 6 aromatic rings. The number of rotatable bonds is 2. The summed E-state index contributed by atoms with van der Waals surface area (Å²) < 4.78 is 5.29. The smallest absolute Gasteiger partial charge is 0.223 e. The Balaban J connectivity index is 1.67. The summed E-state index contributed by atoms with van der Waals surface area (Å²) in [4.78, 5) is 0. The summed E-state index contributed by atoms with van der Waals surface area (Å²) in [6.45, 7) is 3.34. The van der Waals surface area contributed by atoms with Crippen LogP contribution in [0, 0.1) is 6.92 Å². The van der Waals surface area contributed by atoms with Crippen LogP contribution in [0.2, 0.25) is 0 Å². The molecule has 0 saturated heterocycles. The van der Waals surface area contributed by atoms with Crippen molar-refractivity contribution in [1.82, 2.24) is 4.57 Å². The van der Waals surface area contributed by atoms with Crippen molar-refractivity contribution in [3.05, 3.63) is 114 Å². The second-order valence-electron chi connectivity index (χ2n) is 9.65. The van der Waals surface area contributed by atoms with Gasteiger partial charge in [-0.1, -0.05) is 97.1 Å². The molecule has 0 radical (unpaired) electrons. The lowest BCUT2D eigenvalue weighted by molar-refractivity contribution is -0.460. The number of hydrogen-bond donors (Lipinski definition) is 0. The van der Waals surface area contributed by atoms with E-state index in [-0.39, 0.29) is 0 Å². The molecule has 156 valence electrons. The molecule has 0 N–H and O–H groups in total. The lowest BCUT2D eigenvalue weighted by Crippen LogP contribution is -2.76. The highest BCUT2D eigenvalue weighted by Crippen LogP contribution is 2.37. The molecule has 4 aromatic carbocycles. The van der Waals surface area contributed by atoms with Gasteiger partial charge in [-0.05, 0) is 22.0 Å². The summed E-state index contributed by atoms with van der Waals surface area (Å²) in [7, 11) is -2.30. The Hall–Kier alpha value is -3.69. The normalized spacial score (nSPS) is 15.4. The Morgan fingerprint density at radius 2 is 1.33 bits per heavy atom. The fourth-order valence-electron chi connectivity index (χ4n) is 6.90. The monoisotopic (exact) mass is 439 g/mol. The summed E-state index contributed by atoms with van der Waals surface area (Å²) in [5, 5.41) is 8.81. The first kappa shape index (κ1) is 17.8. The number of para-hydroxylation sites is 1. The van der Waals surface area contributed by atoms with Crippen LogP contribution in [-0.4, -0.2) is 12.6 Å². The number of nitrogens with zero attached hydrogens (tertiary/aromatic N) is 2. The van der Waals surface area contributed by atoms with Crippen LogP contribution in [0.1, 0.15) is 16.8 Å². The highest BCUT2D eigenvalue weighted by molar-refractivity contribution is 7.10. The number of fused-ring (bicyclic) bond motifs is 1. The summed E-state index contributed by atoms with van der Waals surface area (Å²) in [5.41, 5.74) is 7.20. The van der Waals surface area contributed by atoms with Gasteiger partial charge < -0.3 is 0 Å². The number of hydrogen-bond acceptors (Lipinski definition) is 0. The molecule has 2 aromatic heterocycles. The van der Waals surface area contributed by atoms with Gasteiger partial charge in [0.05, 0.1) is 5.39 Å². The van der Waals surface area contributed by atoms with E-state index in [0.717, 1.165) is 12.6 Å². The van der Waals surface area contributed by atoms with E-state index in [2.05, 4.69) is 113 Å². The largest absolute Gasteiger partial charge is 0.295 e. The van der Waals surface area contributed by atoms with Gasteiger partial charge in [-0.25, -0.2) is 4.57 Å². The fourth-order valence-corrected chi connectivity index (χ4v) is 12.1. The molecule has 4 heterocycles. The molecule has 0 amide bonds. The molecule has 2 nitrogen and oxygen atoms in total. The van der Waals surface area contributed by atoms with Gasteiger partial charge in [-0.2, -0.15) is 4.40 Å². The number of benzene rings is 4. The van der Waals surface area contributed by atoms with Crippen LogP contribution < -0.4 is 20.1 Å². The van der Waals surface area contributed by atoms with Crippen LogP contribution in [0.5, 0.6) is 0 Å². The van der Waals surface area contributed by atoms with E-state index in [1.54, 1.807) is 5.32 Å². The molecule has 0 fully saturated rings.